The van der Waals surface area contributed by atoms with Crippen LogP contribution in [0.25, 0.3) is 21.9 Å². The third-order valence-electron chi connectivity index (χ3n) is 4.27. The summed E-state index contributed by atoms with van der Waals surface area (Å²) in [6.45, 7) is 5.47. The highest BCUT2D eigenvalue weighted by molar-refractivity contribution is 6.09. The Morgan fingerprint density at radius 3 is 2.17 bits per heavy atom. The first-order valence-electron chi connectivity index (χ1n) is 8.12. The van der Waals surface area contributed by atoms with Gasteiger partial charge in [0.25, 0.3) is 5.91 Å². The first-order chi connectivity index (χ1) is 11.3. The molecule has 0 saturated carbocycles. The zero-order valence-corrected chi connectivity index (χ0v) is 13.6. The standard InChI is InChI=1S/C21H21NO/c1-3-22(4-2)21(23)19-15-14-16-10-8-9-13-18(16)20(19)17-11-6-5-7-12-17/h5-15H,3-4H2,1-2H3. The summed E-state index contributed by atoms with van der Waals surface area (Å²) in [5.74, 6) is 0.0969. The van der Waals surface area contributed by atoms with E-state index in [1.54, 1.807) is 0 Å². The predicted octanol–water partition coefficient (Wildman–Crippen LogP) is 4.99. The third-order valence-corrected chi connectivity index (χ3v) is 4.27. The van der Waals surface area contributed by atoms with E-state index >= 15 is 0 Å². The van der Waals surface area contributed by atoms with Gasteiger partial charge in [-0.25, -0.2) is 0 Å². The Kier molecular flexibility index (Phi) is 4.42. The van der Waals surface area contributed by atoms with Crippen LogP contribution in [-0.2, 0) is 0 Å². The second kappa shape index (κ2) is 6.66. The molecular formula is C21H21NO. The van der Waals surface area contributed by atoms with Crippen molar-refractivity contribution in [2.24, 2.45) is 0 Å². The van der Waals surface area contributed by atoms with Gasteiger partial charge in [0.05, 0.1) is 0 Å². The monoisotopic (exact) mass is 303 g/mol. The van der Waals surface area contributed by atoms with Gasteiger partial charge in [-0.05, 0) is 36.2 Å². The Morgan fingerprint density at radius 1 is 0.826 bits per heavy atom. The fourth-order valence-corrected chi connectivity index (χ4v) is 3.05. The summed E-state index contributed by atoms with van der Waals surface area (Å²) in [5.41, 5.74) is 2.89. The molecule has 0 unspecified atom stereocenters. The molecule has 0 fully saturated rings. The molecule has 23 heavy (non-hydrogen) atoms. The number of fused-ring (bicyclic) bond motifs is 1. The largest absolute Gasteiger partial charge is 0.339 e. The Labute approximate surface area is 137 Å². The van der Waals surface area contributed by atoms with Crippen molar-refractivity contribution in [3.63, 3.8) is 0 Å². The van der Waals surface area contributed by atoms with Crippen LogP contribution in [0.1, 0.15) is 24.2 Å². The zero-order chi connectivity index (χ0) is 16.2. The van der Waals surface area contributed by atoms with Crippen molar-refractivity contribution in [3.8, 4) is 11.1 Å². The lowest BCUT2D eigenvalue weighted by molar-refractivity contribution is 0.0774. The SMILES string of the molecule is CCN(CC)C(=O)c1ccc2ccccc2c1-c1ccccc1. The fraction of sp³-hybridized carbons (Fsp3) is 0.190. The highest BCUT2D eigenvalue weighted by Gasteiger charge is 2.19. The number of amides is 1. The van der Waals surface area contributed by atoms with Crippen molar-refractivity contribution in [3.05, 3.63) is 72.3 Å². The van der Waals surface area contributed by atoms with E-state index in [1.165, 1.54) is 0 Å². The van der Waals surface area contributed by atoms with Crippen molar-refractivity contribution >= 4 is 16.7 Å². The first kappa shape index (κ1) is 15.3. The minimum Gasteiger partial charge on any atom is -0.339 e. The molecule has 0 heterocycles. The van der Waals surface area contributed by atoms with E-state index in [1.807, 2.05) is 61.2 Å². The number of hydrogen-bond donors (Lipinski definition) is 0. The van der Waals surface area contributed by atoms with E-state index in [2.05, 4.69) is 24.3 Å². The van der Waals surface area contributed by atoms with Crippen LogP contribution in [0.5, 0.6) is 0 Å². The Balaban J connectivity index is 2.28. The van der Waals surface area contributed by atoms with E-state index in [9.17, 15) is 4.79 Å². The average molecular weight is 303 g/mol. The van der Waals surface area contributed by atoms with Crippen LogP contribution in [0.3, 0.4) is 0 Å². The van der Waals surface area contributed by atoms with Crippen LogP contribution in [0.15, 0.2) is 66.7 Å². The molecule has 0 aliphatic carbocycles. The number of carbonyl (C=O) groups excluding carboxylic acids is 1. The zero-order valence-electron chi connectivity index (χ0n) is 13.6. The highest BCUT2D eigenvalue weighted by Crippen LogP contribution is 2.32. The van der Waals surface area contributed by atoms with Crippen molar-refractivity contribution in [1.82, 2.24) is 4.90 Å². The van der Waals surface area contributed by atoms with Gasteiger partial charge in [-0.3, -0.25) is 4.79 Å². The fourth-order valence-electron chi connectivity index (χ4n) is 3.05. The predicted molar refractivity (Wildman–Crippen MR) is 96.6 cm³/mol. The molecule has 3 rings (SSSR count). The summed E-state index contributed by atoms with van der Waals surface area (Å²) in [4.78, 5) is 14.8. The quantitative estimate of drug-likeness (QED) is 0.665. The number of benzene rings is 3. The number of nitrogens with zero attached hydrogens (tertiary/aromatic N) is 1. The Morgan fingerprint density at radius 2 is 1.48 bits per heavy atom. The molecule has 0 atom stereocenters. The normalized spacial score (nSPS) is 10.7. The molecule has 0 aliphatic rings. The summed E-state index contributed by atoms with van der Waals surface area (Å²) in [5, 5.41) is 2.28. The van der Waals surface area contributed by atoms with Crippen molar-refractivity contribution in [2.75, 3.05) is 13.1 Å². The molecule has 0 saturated heterocycles. The minimum atomic E-state index is 0.0969. The number of hydrogen-bond acceptors (Lipinski definition) is 1. The molecule has 2 nitrogen and oxygen atoms in total. The van der Waals surface area contributed by atoms with Crippen LogP contribution in [0.2, 0.25) is 0 Å². The molecule has 116 valence electrons. The van der Waals surface area contributed by atoms with Gasteiger partial charge in [0, 0.05) is 24.2 Å². The molecule has 0 bridgehead atoms. The molecule has 0 aromatic heterocycles. The highest BCUT2D eigenvalue weighted by atomic mass is 16.2. The Hall–Kier alpha value is -2.61. The van der Waals surface area contributed by atoms with Gasteiger partial charge in [-0.15, -0.1) is 0 Å². The van der Waals surface area contributed by atoms with Gasteiger partial charge in [-0.1, -0.05) is 60.7 Å². The second-order valence-corrected chi connectivity index (χ2v) is 5.55. The molecule has 2 heteroatoms. The van der Waals surface area contributed by atoms with Crippen LogP contribution in [0.4, 0.5) is 0 Å². The number of carbonyl (C=O) groups is 1. The summed E-state index contributed by atoms with van der Waals surface area (Å²) >= 11 is 0. The smallest absolute Gasteiger partial charge is 0.254 e. The van der Waals surface area contributed by atoms with Crippen LogP contribution >= 0.6 is 0 Å². The summed E-state index contributed by atoms with van der Waals surface area (Å²) in [6.07, 6.45) is 0. The maximum absolute atomic E-state index is 13.0. The molecular weight excluding hydrogens is 282 g/mol. The van der Waals surface area contributed by atoms with Crippen molar-refractivity contribution in [2.45, 2.75) is 13.8 Å². The topological polar surface area (TPSA) is 20.3 Å². The first-order valence-corrected chi connectivity index (χ1v) is 8.12. The maximum atomic E-state index is 13.0. The molecule has 0 aliphatic heterocycles. The van der Waals surface area contributed by atoms with E-state index in [0.717, 1.165) is 40.6 Å². The van der Waals surface area contributed by atoms with E-state index < -0.39 is 0 Å². The number of rotatable bonds is 4. The van der Waals surface area contributed by atoms with Crippen LogP contribution < -0.4 is 0 Å². The maximum Gasteiger partial charge on any atom is 0.254 e. The van der Waals surface area contributed by atoms with E-state index in [-0.39, 0.29) is 5.91 Å². The van der Waals surface area contributed by atoms with Crippen molar-refractivity contribution in [1.29, 1.82) is 0 Å². The van der Waals surface area contributed by atoms with Gasteiger partial charge in [0.1, 0.15) is 0 Å². The third kappa shape index (κ3) is 2.85. The summed E-state index contributed by atoms with van der Waals surface area (Å²) in [7, 11) is 0. The minimum absolute atomic E-state index is 0.0969. The summed E-state index contributed by atoms with van der Waals surface area (Å²) < 4.78 is 0. The second-order valence-electron chi connectivity index (χ2n) is 5.55. The molecule has 0 N–H and O–H groups in total. The lowest BCUT2D eigenvalue weighted by Crippen LogP contribution is -2.30. The van der Waals surface area contributed by atoms with Gasteiger partial charge >= 0.3 is 0 Å². The lowest BCUT2D eigenvalue weighted by atomic mass is 9.92. The van der Waals surface area contributed by atoms with Gasteiger partial charge in [-0.2, -0.15) is 0 Å². The summed E-state index contributed by atoms with van der Waals surface area (Å²) in [6, 6.07) is 22.4. The van der Waals surface area contributed by atoms with Gasteiger partial charge in [0.2, 0.25) is 0 Å². The molecule has 3 aromatic rings. The van der Waals surface area contributed by atoms with E-state index in [4.69, 9.17) is 0 Å². The van der Waals surface area contributed by atoms with Crippen molar-refractivity contribution < 1.29 is 4.79 Å². The Bertz CT molecular complexity index is 820. The van der Waals surface area contributed by atoms with Gasteiger partial charge < -0.3 is 4.90 Å². The van der Waals surface area contributed by atoms with Crippen LogP contribution in [-0.4, -0.2) is 23.9 Å². The molecule has 0 spiro atoms. The molecule has 3 aromatic carbocycles. The molecule has 1 amide bonds. The van der Waals surface area contributed by atoms with E-state index in [0.29, 0.717) is 0 Å². The van der Waals surface area contributed by atoms with Gasteiger partial charge in [0.15, 0.2) is 0 Å². The molecule has 0 radical (unpaired) electrons. The lowest BCUT2D eigenvalue weighted by Gasteiger charge is -2.21. The average Bonchev–Trinajstić information content (AvgIpc) is 2.62. The van der Waals surface area contributed by atoms with Crippen LogP contribution in [0, 0.1) is 0 Å².